The third-order valence-electron chi connectivity index (χ3n) is 2.77. The van der Waals surface area contributed by atoms with Crippen LogP contribution in [0.4, 0.5) is 5.82 Å². The normalized spacial score (nSPS) is 19.6. The molecule has 1 fully saturated rings. The average molecular weight is 285 g/mol. The Morgan fingerprint density at radius 1 is 1.53 bits per heavy atom. The topological polar surface area (TPSA) is 67.3 Å². The van der Waals surface area contributed by atoms with Crippen molar-refractivity contribution in [3.05, 3.63) is 17.5 Å². The number of rotatable bonds is 3. The highest BCUT2D eigenvalue weighted by molar-refractivity contribution is 6.31. The van der Waals surface area contributed by atoms with Gasteiger partial charge >= 0.3 is 0 Å². The van der Waals surface area contributed by atoms with Crippen molar-refractivity contribution in [2.24, 2.45) is 0 Å². The fourth-order valence-corrected chi connectivity index (χ4v) is 2.18. The summed E-state index contributed by atoms with van der Waals surface area (Å²) in [7, 11) is 0. The van der Waals surface area contributed by atoms with E-state index in [0.29, 0.717) is 30.7 Å². The lowest BCUT2D eigenvalue weighted by molar-refractivity contribution is -0.125. The third-order valence-corrected chi connectivity index (χ3v) is 3.04. The summed E-state index contributed by atoms with van der Waals surface area (Å²) in [6.07, 6.45) is 3.09. The largest absolute Gasteiger partial charge is 0.377 e. The molecule has 1 amide bonds. The van der Waals surface area contributed by atoms with Crippen molar-refractivity contribution >= 4 is 23.3 Å². The van der Waals surface area contributed by atoms with Crippen molar-refractivity contribution in [3.8, 4) is 0 Å². The van der Waals surface area contributed by atoms with Gasteiger partial charge in [-0.3, -0.25) is 4.79 Å². The number of anilines is 1. The summed E-state index contributed by atoms with van der Waals surface area (Å²) >= 11 is 6.05. The molecule has 7 heteroatoms. The minimum Gasteiger partial charge on any atom is -0.377 e. The van der Waals surface area contributed by atoms with Crippen molar-refractivity contribution in [2.75, 3.05) is 24.7 Å². The molecule has 0 bridgehead atoms. The number of hydrogen-bond donors (Lipinski definition) is 1. The highest BCUT2D eigenvalue weighted by Crippen LogP contribution is 2.23. The van der Waals surface area contributed by atoms with Crippen LogP contribution < -0.4 is 10.2 Å². The van der Waals surface area contributed by atoms with E-state index in [0.717, 1.165) is 0 Å². The first-order chi connectivity index (χ1) is 9.09. The standard InChI is InChI=1S/C12H17ClN4O2/c1-8(2)16-12(18)9-7-19-6-5-17(9)11-10(13)14-3-4-15-11/h3-4,8-9H,5-7H2,1-2H3,(H,16,18). The molecule has 1 N–H and O–H groups in total. The highest BCUT2D eigenvalue weighted by atomic mass is 35.5. The van der Waals surface area contributed by atoms with Gasteiger partial charge in [-0.25, -0.2) is 9.97 Å². The lowest BCUT2D eigenvalue weighted by Gasteiger charge is -2.35. The summed E-state index contributed by atoms with van der Waals surface area (Å²) in [4.78, 5) is 22.2. The second kappa shape index (κ2) is 6.16. The minimum absolute atomic E-state index is 0.0774. The number of hydrogen-bond acceptors (Lipinski definition) is 5. The highest BCUT2D eigenvalue weighted by Gasteiger charge is 2.32. The third kappa shape index (κ3) is 3.33. The van der Waals surface area contributed by atoms with Crippen LogP contribution in [0.25, 0.3) is 0 Å². The number of aromatic nitrogens is 2. The molecule has 1 aliphatic heterocycles. The first kappa shape index (κ1) is 14.0. The van der Waals surface area contributed by atoms with Crippen LogP contribution in [0.2, 0.25) is 5.15 Å². The van der Waals surface area contributed by atoms with Gasteiger partial charge in [0.15, 0.2) is 11.0 Å². The van der Waals surface area contributed by atoms with Crippen molar-refractivity contribution in [2.45, 2.75) is 25.9 Å². The molecule has 19 heavy (non-hydrogen) atoms. The minimum atomic E-state index is -0.426. The van der Waals surface area contributed by atoms with Crippen LogP contribution in [0.3, 0.4) is 0 Å². The van der Waals surface area contributed by atoms with Crippen LogP contribution in [0.5, 0.6) is 0 Å². The Bertz CT molecular complexity index is 455. The molecular formula is C12H17ClN4O2. The van der Waals surface area contributed by atoms with Gasteiger partial charge in [0.1, 0.15) is 6.04 Å². The lowest BCUT2D eigenvalue weighted by atomic mass is 10.2. The van der Waals surface area contributed by atoms with Crippen LogP contribution in [0.15, 0.2) is 12.4 Å². The lowest BCUT2D eigenvalue weighted by Crippen LogP contribution is -2.55. The Labute approximate surface area is 117 Å². The fraction of sp³-hybridized carbons (Fsp3) is 0.583. The maximum Gasteiger partial charge on any atom is 0.245 e. The van der Waals surface area contributed by atoms with E-state index in [-0.39, 0.29) is 11.9 Å². The van der Waals surface area contributed by atoms with E-state index in [9.17, 15) is 4.79 Å². The molecule has 0 aromatic carbocycles. The zero-order chi connectivity index (χ0) is 13.8. The number of nitrogens with one attached hydrogen (secondary N) is 1. The molecule has 6 nitrogen and oxygen atoms in total. The molecule has 104 valence electrons. The molecule has 2 rings (SSSR count). The van der Waals surface area contributed by atoms with Crippen molar-refractivity contribution in [3.63, 3.8) is 0 Å². The van der Waals surface area contributed by atoms with Crippen LogP contribution in [-0.2, 0) is 9.53 Å². The van der Waals surface area contributed by atoms with Gasteiger partial charge < -0.3 is 15.0 Å². The molecule has 0 aliphatic carbocycles. The summed E-state index contributed by atoms with van der Waals surface area (Å²) < 4.78 is 5.38. The van der Waals surface area contributed by atoms with E-state index < -0.39 is 6.04 Å². The first-order valence-electron chi connectivity index (χ1n) is 6.21. The number of amides is 1. The Morgan fingerprint density at radius 3 is 2.95 bits per heavy atom. The molecule has 0 radical (unpaired) electrons. The SMILES string of the molecule is CC(C)NC(=O)C1COCCN1c1nccnc1Cl. The summed E-state index contributed by atoms with van der Waals surface area (Å²) in [6, 6.07) is -0.348. The molecule has 1 atom stereocenters. The number of halogens is 1. The summed E-state index contributed by atoms with van der Waals surface area (Å²) in [5, 5.41) is 3.18. The van der Waals surface area contributed by atoms with Crippen molar-refractivity contribution < 1.29 is 9.53 Å². The molecule has 0 saturated carbocycles. The van der Waals surface area contributed by atoms with Gasteiger partial charge in [0.25, 0.3) is 0 Å². The number of morpholine rings is 1. The Kier molecular flexibility index (Phi) is 4.55. The molecular weight excluding hydrogens is 268 g/mol. The second-order valence-corrected chi connectivity index (χ2v) is 4.98. The number of carbonyl (C=O) groups is 1. The molecule has 1 unspecified atom stereocenters. The van der Waals surface area contributed by atoms with Gasteiger partial charge in [-0.05, 0) is 13.8 Å². The van der Waals surface area contributed by atoms with Gasteiger partial charge in [-0.15, -0.1) is 0 Å². The number of nitrogens with zero attached hydrogens (tertiary/aromatic N) is 3. The smallest absolute Gasteiger partial charge is 0.245 e. The molecule has 1 aliphatic rings. The predicted octanol–water partition coefficient (Wildman–Crippen LogP) is 0.860. The zero-order valence-corrected chi connectivity index (χ0v) is 11.7. The average Bonchev–Trinajstić information content (AvgIpc) is 2.38. The second-order valence-electron chi connectivity index (χ2n) is 4.62. The van der Waals surface area contributed by atoms with E-state index >= 15 is 0 Å². The zero-order valence-electron chi connectivity index (χ0n) is 11.0. The molecule has 2 heterocycles. The quantitative estimate of drug-likeness (QED) is 0.892. The van der Waals surface area contributed by atoms with Crippen molar-refractivity contribution in [1.29, 1.82) is 0 Å². The Hall–Kier alpha value is -1.40. The summed E-state index contributed by atoms with van der Waals surface area (Å²) in [6.45, 7) is 5.26. The van der Waals surface area contributed by atoms with E-state index in [1.165, 1.54) is 6.20 Å². The summed E-state index contributed by atoms with van der Waals surface area (Å²) in [5.74, 6) is 0.438. The van der Waals surface area contributed by atoms with Crippen LogP contribution >= 0.6 is 11.6 Å². The fourth-order valence-electron chi connectivity index (χ4n) is 1.96. The predicted molar refractivity (Wildman–Crippen MR) is 72.3 cm³/mol. The van der Waals surface area contributed by atoms with Gasteiger partial charge in [-0.1, -0.05) is 11.6 Å². The maximum absolute atomic E-state index is 12.2. The van der Waals surface area contributed by atoms with Crippen LogP contribution in [-0.4, -0.2) is 47.7 Å². The number of ether oxygens (including phenoxy) is 1. The van der Waals surface area contributed by atoms with Gasteiger partial charge in [-0.2, -0.15) is 0 Å². The number of carbonyl (C=O) groups excluding carboxylic acids is 1. The van der Waals surface area contributed by atoms with Gasteiger partial charge in [0.2, 0.25) is 5.91 Å². The van der Waals surface area contributed by atoms with Gasteiger partial charge in [0.05, 0.1) is 13.2 Å². The monoisotopic (exact) mass is 284 g/mol. The van der Waals surface area contributed by atoms with E-state index in [1.54, 1.807) is 6.20 Å². The van der Waals surface area contributed by atoms with E-state index in [2.05, 4.69) is 15.3 Å². The molecule has 1 saturated heterocycles. The first-order valence-corrected chi connectivity index (χ1v) is 6.58. The van der Waals surface area contributed by atoms with Crippen LogP contribution in [0.1, 0.15) is 13.8 Å². The molecule has 0 spiro atoms. The van der Waals surface area contributed by atoms with Crippen molar-refractivity contribution in [1.82, 2.24) is 15.3 Å². The van der Waals surface area contributed by atoms with E-state index in [1.807, 2.05) is 18.7 Å². The summed E-state index contributed by atoms with van der Waals surface area (Å²) in [5.41, 5.74) is 0. The van der Waals surface area contributed by atoms with Crippen LogP contribution in [0, 0.1) is 0 Å². The van der Waals surface area contributed by atoms with Gasteiger partial charge in [0, 0.05) is 25.0 Å². The van der Waals surface area contributed by atoms with E-state index in [4.69, 9.17) is 16.3 Å². The maximum atomic E-state index is 12.2. The molecule has 1 aromatic heterocycles. The Balaban J connectivity index is 2.21. The Morgan fingerprint density at radius 2 is 2.26 bits per heavy atom. The molecule has 1 aromatic rings.